The number of rotatable bonds is 2. The number of anilines is 1. The number of pyridine rings is 1. The van der Waals surface area contributed by atoms with E-state index in [-0.39, 0.29) is 5.56 Å². The molecule has 4 nitrogen and oxygen atoms in total. The van der Waals surface area contributed by atoms with Crippen molar-refractivity contribution in [2.45, 2.75) is 6.18 Å². The van der Waals surface area contributed by atoms with Gasteiger partial charge in [0.25, 0.3) is 5.91 Å². The third kappa shape index (κ3) is 3.21. The Balaban J connectivity index is 1.71. The van der Waals surface area contributed by atoms with Crippen molar-refractivity contribution in [2.24, 2.45) is 0 Å². The van der Waals surface area contributed by atoms with Crippen molar-refractivity contribution in [1.29, 1.82) is 0 Å². The molecule has 0 aliphatic rings. The van der Waals surface area contributed by atoms with Crippen molar-refractivity contribution in [1.82, 2.24) is 9.97 Å². The maximum atomic E-state index is 12.7. The van der Waals surface area contributed by atoms with Gasteiger partial charge in [-0.15, -0.1) is 0 Å². The summed E-state index contributed by atoms with van der Waals surface area (Å²) in [5.74, 6) is -0.538. The van der Waals surface area contributed by atoms with E-state index in [1.807, 2.05) is 6.07 Å². The molecule has 2 aromatic heterocycles. The fraction of sp³-hybridized carbons (Fsp3) is 0.0526. The molecule has 0 bridgehead atoms. The monoisotopic (exact) mass is 389 g/mol. The highest BCUT2D eigenvalue weighted by atomic mass is 35.5. The van der Waals surface area contributed by atoms with Crippen LogP contribution in [0.15, 0.2) is 54.9 Å². The van der Waals surface area contributed by atoms with Crippen LogP contribution in [-0.2, 0) is 6.18 Å². The molecule has 0 atom stereocenters. The van der Waals surface area contributed by atoms with Crippen LogP contribution in [0.1, 0.15) is 15.9 Å². The maximum absolute atomic E-state index is 12.7. The number of halogens is 4. The first kappa shape index (κ1) is 17.4. The molecule has 8 heteroatoms. The van der Waals surface area contributed by atoms with E-state index in [1.54, 1.807) is 24.5 Å². The fourth-order valence-corrected chi connectivity index (χ4v) is 3.14. The summed E-state index contributed by atoms with van der Waals surface area (Å²) in [5, 5.41) is 4.83. The maximum Gasteiger partial charge on any atom is 0.416 e. The number of fused-ring (bicyclic) bond motifs is 3. The molecule has 0 saturated heterocycles. The largest absolute Gasteiger partial charge is 0.416 e. The van der Waals surface area contributed by atoms with Gasteiger partial charge < -0.3 is 10.3 Å². The summed E-state index contributed by atoms with van der Waals surface area (Å²) in [5.41, 5.74) is 1.15. The quantitative estimate of drug-likeness (QED) is 0.466. The van der Waals surface area contributed by atoms with Gasteiger partial charge in [0.2, 0.25) is 0 Å². The van der Waals surface area contributed by atoms with Gasteiger partial charge in [0.05, 0.1) is 28.5 Å². The highest BCUT2D eigenvalue weighted by Crippen LogP contribution is 2.33. The number of aromatic amines is 1. The minimum atomic E-state index is -4.45. The standard InChI is InChI=1S/C19H11ClF3N3O/c20-12-7-14-13-5-6-24-9-16(13)25-17(14)15(8-12)26-18(27)10-1-3-11(4-2-10)19(21,22)23/h1-9,25H,(H,26,27). The Labute approximate surface area is 156 Å². The number of carbonyl (C=O) groups excluding carboxylic acids is 1. The number of benzene rings is 2. The number of hydrogen-bond donors (Lipinski definition) is 2. The molecular formula is C19H11ClF3N3O. The molecule has 0 fully saturated rings. The van der Waals surface area contributed by atoms with Crippen LogP contribution in [0.3, 0.4) is 0 Å². The van der Waals surface area contributed by atoms with Crippen LogP contribution in [0, 0.1) is 0 Å². The lowest BCUT2D eigenvalue weighted by Gasteiger charge is -2.09. The van der Waals surface area contributed by atoms with E-state index in [9.17, 15) is 18.0 Å². The number of aromatic nitrogens is 2. The minimum absolute atomic E-state index is 0.105. The Kier molecular flexibility index (Phi) is 4.04. The van der Waals surface area contributed by atoms with Crippen molar-refractivity contribution in [3.63, 3.8) is 0 Å². The van der Waals surface area contributed by atoms with Gasteiger partial charge in [0.1, 0.15) is 0 Å². The fourth-order valence-electron chi connectivity index (χ4n) is 2.92. The summed E-state index contributed by atoms with van der Waals surface area (Å²) < 4.78 is 38.0. The molecule has 0 spiro atoms. The molecular weight excluding hydrogens is 379 g/mol. The highest BCUT2D eigenvalue weighted by molar-refractivity contribution is 6.33. The van der Waals surface area contributed by atoms with E-state index in [2.05, 4.69) is 15.3 Å². The van der Waals surface area contributed by atoms with Crippen LogP contribution < -0.4 is 5.32 Å². The second kappa shape index (κ2) is 6.28. The zero-order valence-electron chi connectivity index (χ0n) is 13.6. The molecule has 4 aromatic rings. The first-order chi connectivity index (χ1) is 12.8. The van der Waals surface area contributed by atoms with Gasteiger partial charge in [-0.2, -0.15) is 13.2 Å². The van der Waals surface area contributed by atoms with E-state index in [4.69, 9.17) is 11.6 Å². The average Bonchev–Trinajstić information content (AvgIpc) is 3.00. The Morgan fingerprint density at radius 1 is 1.07 bits per heavy atom. The van der Waals surface area contributed by atoms with Gasteiger partial charge in [-0.3, -0.25) is 9.78 Å². The number of hydrogen-bond acceptors (Lipinski definition) is 2. The lowest BCUT2D eigenvalue weighted by molar-refractivity contribution is -0.137. The third-order valence-electron chi connectivity index (χ3n) is 4.20. The summed E-state index contributed by atoms with van der Waals surface area (Å²) in [6.45, 7) is 0. The van der Waals surface area contributed by atoms with Gasteiger partial charge in [-0.25, -0.2) is 0 Å². The number of carbonyl (C=O) groups is 1. The van der Waals surface area contributed by atoms with Crippen LogP contribution in [-0.4, -0.2) is 15.9 Å². The van der Waals surface area contributed by atoms with Crippen molar-refractivity contribution in [2.75, 3.05) is 5.32 Å². The number of nitrogens with one attached hydrogen (secondary N) is 2. The normalized spacial score (nSPS) is 11.9. The zero-order valence-corrected chi connectivity index (χ0v) is 14.3. The van der Waals surface area contributed by atoms with Crippen LogP contribution in [0.4, 0.5) is 18.9 Å². The molecule has 0 saturated carbocycles. The smallest absolute Gasteiger partial charge is 0.352 e. The molecule has 1 amide bonds. The van der Waals surface area contributed by atoms with Crippen molar-refractivity contribution >= 4 is 45.0 Å². The van der Waals surface area contributed by atoms with Gasteiger partial charge in [-0.05, 0) is 42.5 Å². The number of nitrogens with zero attached hydrogens (tertiary/aromatic N) is 1. The highest BCUT2D eigenvalue weighted by Gasteiger charge is 2.30. The van der Waals surface area contributed by atoms with Crippen molar-refractivity contribution in [3.8, 4) is 0 Å². The van der Waals surface area contributed by atoms with Gasteiger partial charge >= 0.3 is 6.18 Å². The zero-order chi connectivity index (χ0) is 19.2. The Bertz CT molecular complexity index is 1170. The van der Waals surface area contributed by atoms with Crippen LogP contribution in [0.25, 0.3) is 21.8 Å². The molecule has 2 heterocycles. The number of amides is 1. The summed E-state index contributed by atoms with van der Waals surface area (Å²) in [6.07, 6.45) is -1.14. The van der Waals surface area contributed by atoms with E-state index < -0.39 is 17.6 Å². The molecule has 0 aliphatic carbocycles. The van der Waals surface area contributed by atoms with Crippen LogP contribution >= 0.6 is 11.6 Å². The topological polar surface area (TPSA) is 57.8 Å². The SMILES string of the molecule is O=C(Nc1cc(Cl)cc2c1[nH]c1cnccc12)c1ccc(C(F)(F)F)cc1. The minimum Gasteiger partial charge on any atom is -0.352 e. The summed E-state index contributed by atoms with van der Waals surface area (Å²) in [7, 11) is 0. The lowest BCUT2D eigenvalue weighted by Crippen LogP contribution is -2.13. The molecule has 2 aromatic carbocycles. The van der Waals surface area contributed by atoms with E-state index in [0.717, 1.165) is 40.6 Å². The summed E-state index contributed by atoms with van der Waals surface area (Å²) in [6, 6.07) is 9.18. The van der Waals surface area contributed by atoms with Gasteiger partial charge in [0, 0.05) is 27.6 Å². The second-order valence-corrected chi connectivity index (χ2v) is 6.39. The molecule has 0 aliphatic heterocycles. The Hall–Kier alpha value is -3.06. The third-order valence-corrected chi connectivity index (χ3v) is 4.41. The van der Waals surface area contributed by atoms with Crippen molar-refractivity contribution < 1.29 is 18.0 Å². The molecule has 4 rings (SSSR count). The first-order valence-electron chi connectivity index (χ1n) is 7.86. The van der Waals surface area contributed by atoms with Crippen molar-refractivity contribution in [3.05, 3.63) is 71.0 Å². The predicted octanol–water partition coefficient (Wildman–Crippen LogP) is 5.64. The van der Waals surface area contributed by atoms with E-state index in [0.29, 0.717) is 16.2 Å². The average molecular weight is 390 g/mol. The molecule has 27 heavy (non-hydrogen) atoms. The van der Waals surface area contributed by atoms with Gasteiger partial charge in [0.15, 0.2) is 0 Å². The Morgan fingerprint density at radius 3 is 2.52 bits per heavy atom. The van der Waals surface area contributed by atoms with E-state index >= 15 is 0 Å². The number of alkyl halides is 3. The molecule has 136 valence electrons. The summed E-state index contributed by atoms with van der Waals surface area (Å²) in [4.78, 5) is 19.7. The number of H-pyrrole nitrogens is 1. The van der Waals surface area contributed by atoms with Gasteiger partial charge in [-0.1, -0.05) is 11.6 Å². The van der Waals surface area contributed by atoms with E-state index in [1.165, 1.54) is 0 Å². The summed E-state index contributed by atoms with van der Waals surface area (Å²) >= 11 is 6.18. The second-order valence-electron chi connectivity index (χ2n) is 5.95. The lowest BCUT2D eigenvalue weighted by atomic mass is 10.1. The Morgan fingerprint density at radius 2 is 1.81 bits per heavy atom. The molecule has 0 radical (unpaired) electrons. The predicted molar refractivity (Wildman–Crippen MR) is 98.0 cm³/mol. The van der Waals surface area contributed by atoms with Crippen LogP contribution in [0.5, 0.6) is 0 Å². The van der Waals surface area contributed by atoms with Crippen LogP contribution in [0.2, 0.25) is 5.02 Å². The molecule has 2 N–H and O–H groups in total. The molecule has 0 unspecified atom stereocenters. The first-order valence-corrected chi connectivity index (χ1v) is 8.24.